The maximum absolute atomic E-state index is 12.9. The van der Waals surface area contributed by atoms with E-state index in [-0.39, 0.29) is 19.9 Å². The van der Waals surface area contributed by atoms with E-state index in [9.17, 15) is 9.50 Å². The molecule has 1 saturated heterocycles. The van der Waals surface area contributed by atoms with Crippen molar-refractivity contribution in [1.82, 2.24) is 4.90 Å². The first kappa shape index (κ1) is 12.8. The second-order valence-electron chi connectivity index (χ2n) is 4.06. The molecule has 2 N–H and O–H groups in total. The Morgan fingerprint density at radius 2 is 2.27 bits per heavy atom. The maximum atomic E-state index is 12.9. The second-order valence-corrected chi connectivity index (χ2v) is 4.06. The van der Waals surface area contributed by atoms with Gasteiger partial charge in [0, 0.05) is 13.1 Å². The predicted molar refractivity (Wildman–Crippen MR) is 54.2 cm³/mol. The highest BCUT2D eigenvalue weighted by molar-refractivity contribution is 4.82. The monoisotopic (exact) mass is 221 g/mol. The molecule has 0 saturated carbocycles. The lowest BCUT2D eigenvalue weighted by Crippen LogP contribution is -2.27. The Morgan fingerprint density at radius 1 is 1.53 bits per heavy atom. The highest BCUT2D eigenvalue weighted by atomic mass is 19.1. The Labute approximate surface area is 89.6 Å². The van der Waals surface area contributed by atoms with Crippen molar-refractivity contribution in [1.29, 1.82) is 0 Å². The molecule has 1 fully saturated rings. The van der Waals surface area contributed by atoms with Crippen LogP contribution in [0.4, 0.5) is 4.39 Å². The minimum Gasteiger partial charge on any atom is -0.391 e. The van der Waals surface area contributed by atoms with Crippen molar-refractivity contribution in [2.45, 2.75) is 38.1 Å². The molecule has 1 aliphatic rings. The van der Waals surface area contributed by atoms with Crippen LogP contribution >= 0.6 is 0 Å². The van der Waals surface area contributed by atoms with Gasteiger partial charge < -0.3 is 14.9 Å². The SMILES string of the molecule is CCCC(O)COCN1CC(O)C(F)C1. The van der Waals surface area contributed by atoms with Gasteiger partial charge in [-0.3, -0.25) is 4.90 Å². The third kappa shape index (κ3) is 4.42. The van der Waals surface area contributed by atoms with Crippen molar-refractivity contribution in [3.63, 3.8) is 0 Å². The molecule has 0 aliphatic carbocycles. The standard InChI is InChI=1S/C10H20FNO3/c1-2-3-8(13)6-15-7-12-4-9(11)10(14)5-12/h8-10,13-14H,2-7H2,1H3. The zero-order chi connectivity index (χ0) is 11.3. The second kappa shape index (κ2) is 6.37. The molecule has 3 unspecified atom stereocenters. The molecule has 0 amide bonds. The summed E-state index contributed by atoms with van der Waals surface area (Å²) in [6, 6.07) is 0. The summed E-state index contributed by atoms with van der Waals surface area (Å²) in [6.07, 6.45) is -0.875. The molecular weight excluding hydrogens is 201 g/mol. The van der Waals surface area contributed by atoms with E-state index in [4.69, 9.17) is 9.84 Å². The molecule has 0 bridgehead atoms. The van der Waals surface area contributed by atoms with E-state index < -0.39 is 18.4 Å². The van der Waals surface area contributed by atoms with Gasteiger partial charge in [-0.2, -0.15) is 0 Å². The van der Waals surface area contributed by atoms with Gasteiger partial charge in [-0.05, 0) is 6.42 Å². The van der Waals surface area contributed by atoms with Crippen LogP contribution in [0, 0.1) is 0 Å². The summed E-state index contributed by atoms with van der Waals surface area (Å²) in [5, 5.41) is 18.5. The summed E-state index contributed by atoms with van der Waals surface area (Å²) in [6.45, 7) is 3.07. The van der Waals surface area contributed by atoms with Gasteiger partial charge in [-0.15, -0.1) is 0 Å². The van der Waals surface area contributed by atoms with E-state index in [0.29, 0.717) is 13.0 Å². The third-order valence-corrected chi connectivity index (χ3v) is 2.50. The molecule has 0 spiro atoms. The lowest BCUT2D eigenvalue weighted by atomic mass is 10.2. The van der Waals surface area contributed by atoms with Crippen LogP contribution in [-0.4, -0.2) is 59.9 Å². The van der Waals surface area contributed by atoms with E-state index in [1.165, 1.54) is 0 Å². The Morgan fingerprint density at radius 3 is 2.80 bits per heavy atom. The van der Waals surface area contributed by atoms with Crippen LogP contribution in [-0.2, 0) is 4.74 Å². The molecule has 0 aromatic heterocycles. The maximum Gasteiger partial charge on any atom is 0.140 e. The first-order valence-corrected chi connectivity index (χ1v) is 5.43. The molecule has 1 rings (SSSR count). The molecule has 0 radical (unpaired) electrons. The van der Waals surface area contributed by atoms with Gasteiger partial charge in [0.05, 0.1) is 25.5 Å². The van der Waals surface area contributed by atoms with Crippen molar-refractivity contribution in [3.8, 4) is 0 Å². The summed E-state index contributed by atoms with van der Waals surface area (Å²) < 4.78 is 18.1. The Hall–Kier alpha value is -0.230. The van der Waals surface area contributed by atoms with Crippen molar-refractivity contribution < 1.29 is 19.3 Å². The number of β-amino-alcohol motifs (C(OH)–C–C–N with tert-alkyl or cyclic N) is 1. The van der Waals surface area contributed by atoms with E-state index in [0.717, 1.165) is 6.42 Å². The number of hydrogen-bond acceptors (Lipinski definition) is 4. The molecule has 5 heteroatoms. The first-order valence-electron chi connectivity index (χ1n) is 5.43. The minimum absolute atomic E-state index is 0.213. The number of nitrogens with zero attached hydrogens (tertiary/aromatic N) is 1. The fourth-order valence-electron chi connectivity index (χ4n) is 1.66. The van der Waals surface area contributed by atoms with Crippen molar-refractivity contribution in [2.75, 3.05) is 26.4 Å². The topological polar surface area (TPSA) is 52.9 Å². The van der Waals surface area contributed by atoms with E-state index in [1.807, 2.05) is 6.92 Å². The van der Waals surface area contributed by atoms with Crippen LogP contribution in [0.5, 0.6) is 0 Å². The van der Waals surface area contributed by atoms with Gasteiger partial charge in [0.25, 0.3) is 0 Å². The van der Waals surface area contributed by atoms with Gasteiger partial charge in [0.15, 0.2) is 0 Å². The fourth-order valence-corrected chi connectivity index (χ4v) is 1.66. The van der Waals surface area contributed by atoms with E-state index in [2.05, 4.69) is 0 Å². The third-order valence-electron chi connectivity index (χ3n) is 2.50. The molecular formula is C10H20FNO3. The number of rotatable bonds is 6. The lowest BCUT2D eigenvalue weighted by molar-refractivity contribution is -0.0167. The quantitative estimate of drug-likeness (QED) is 0.669. The van der Waals surface area contributed by atoms with Crippen LogP contribution in [0.15, 0.2) is 0 Å². The molecule has 1 heterocycles. The largest absolute Gasteiger partial charge is 0.391 e. The molecule has 3 atom stereocenters. The van der Waals surface area contributed by atoms with Crippen molar-refractivity contribution in [2.24, 2.45) is 0 Å². The lowest BCUT2D eigenvalue weighted by Gasteiger charge is -2.16. The van der Waals surface area contributed by atoms with Crippen LogP contribution in [0.25, 0.3) is 0 Å². The van der Waals surface area contributed by atoms with Crippen LogP contribution in [0.2, 0.25) is 0 Å². The molecule has 90 valence electrons. The molecule has 0 aromatic rings. The Balaban J connectivity index is 2.06. The Bertz CT molecular complexity index is 172. The summed E-state index contributed by atoms with van der Waals surface area (Å²) in [5.41, 5.74) is 0. The van der Waals surface area contributed by atoms with Crippen LogP contribution < -0.4 is 0 Å². The number of ether oxygens (including phenoxy) is 1. The summed E-state index contributed by atoms with van der Waals surface area (Å²) in [4.78, 5) is 1.70. The predicted octanol–water partition coefficient (Wildman–Crippen LogP) is 0.136. The molecule has 4 nitrogen and oxygen atoms in total. The summed E-state index contributed by atoms with van der Waals surface area (Å²) in [5.74, 6) is 0. The molecule has 0 aromatic carbocycles. The van der Waals surface area contributed by atoms with Crippen molar-refractivity contribution in [3.05, 3.63) is 0 Å². The van der Waals surface area contributed by atoms with Gasteiger partial charge in [-0.1, -0.05) is 13.3 Å². The molecule has 1 aliphatic heterocycles. The Kier molecular flexibility index (Phi) is 5.45. The minimum atomic E-state index is -1.17. The van der Waals surface area contributed by atoms with Gasteiger partial charge in [0.2, 0.25) is 0 Å². The molecule has 15 heavy (non-hydrogen) atoms. The normalized spacial score (nSPS) is 29.6. The van der Waals surface area contributed by atoms with Gasteiger partial charge in [-0.25, -0.2) is 4.39 Å². The van der Waals surface area contributed by atoms with Crippen molar-refractivity contribution >= 4 is 0 Å². The number of aliphatic hydroxyl groups is 2. The average Bonchev–Trinajstić information content (AvgIpc) is 2.46. The number of halogens is 1. The number of hydrogen-bond donors (Lipinski definition) is 2. The van der Waals surface area contributed by atoms with Crippen LogP contribution in [0.3, 0.4) is 0 Å². The highest BCUT2D eigenvalue weighted by Crippen LogP contribution is 2.12. The average molecular weight is 221 g/mol. The van der Waals surface area contributed by atoms with E-state index >= 15 is 0 Å². The number of likely N-dealkylation sites (tertiary alicyclic amines) is 1. The highest BCUT2D eigenvalue weighted by Gasteiger charge is 2.30. The summed E-state index contributed by atoms with van der Waals surface area (Å²) in [7, 11) is 0. The fraction of sp³-hybridized carbons (Fsp3) is 1.00. The first-order chi connectivity index (χ1) is 7.13. The number of aliphatic hydroxyl groups excluding tert-OH is 2. The number of alkyl halides is 1. The zero-order valence-corrected chi connectivity index (χ0v) is 9.10. The zero-order valence-electron chi connectivity index (χ0n) is 9.10. The van der Waals surface area contributed by atoms with Gasteiger partial charge in [0.1, 0.15) is 6.17 Å². The van der Waals surface area contributed by atoms with E-state index in [1.54, 1.807) is 4.90 Å². The van der Waals surface area contributed by atoms with Crippen LogP contribution in [0.1, 0.15) is 19.8 Å². The van der Waals surface area contributed by atoms with Gasteiger partial charge >= 0.3 is 0 Å². The smallest absolute Gasteiger partial charge is 0.140 e. The summed E-state index contributed by atoms with van der Waals surface area (Å²) >= 11 is 0.